The first-order valence-electron chi connectivity index (χ1n) is 6.29. The summed E-state index contributed by atoms with van der Waals surface area (Å²) in [6.45, 7) is 0.307. The number of hydrogen-bond donors (Lipinski definition) is 1. The van der Waals surface area contributed by atoms with E-state index in [1.165, 1.54) is 11.3 Å². The Hall–Kier alpha value is -1.80. The van der Waals surface area contributed by atoms with Crippen LogP contribution < -0.4 is 0 Å². The Bertz CT molecular complexity index is 700. The first kappa shape index (κ1) is 15.6. The number of rotatable bonds is 3. The molecule has 1 aromatic carbocycles. The van der Waals surface area contributed by atoms with Gasteiger partial charge in [0.15, 0.2) is 0 Å². The summed E-state index contributed by atoms with van der Waals surface area (Å²) in [7, 11) is 1.74. The fourth-order valence-corrected chi connectivity index (χ4v) is 2.98. The Morgan fingerprint density at radius 1 is 1.43 bits per heavy atom. The number of benzene rings is 1. The third kappa shape index (κ3) is 4.08. The van der Waals surface area contributed by atoms with Crippen LogP contribution >= 0.6 is 22.9 Å². The largest absolute Gasteiger partial charge is 0.384 e. The van der Waals surface area contributed by atoms with Crippen molar-refractivity contribution in [3.8, 4) is 11.8 Å². The third-order valence-corrected chi connectivity index (χ3v) is 4.15. The molecular formula is C16H14ClNO2S. The Morgan fingerprint density at radius 3 is 2.90 bits per heavy atom. The molecule has 2 aromatic rings. The van der Waals surface area contributed by atoms with E-state index in [-0.39, 0.29) is 12.5 Å². The highest BCUT2D eigenvalue weighted by Crippen LogP contribution is 2.23. The number of halogens is 1. The van der Waals surface area contributed by atoms with Gasteiger partial charge in [-0.1, -0.05) is 35.6 Å². The number of aliphatic hydroxyl groups excluding tert-OH is 1. The molecule has 0 aliphatic rings. The van der Waals surface area contributed by atoms with Crippen molar-refractivity contribution >= 4 is 28.8 Å². The molecule has 0 saturated carbocycles. The van der Waals surface area contributed by atoms with Crippen molar-refractivity contribution in [2.45, 2.75) is 6.54 Å². The molecule has 1 aromatic heterocycles. The van der Waals surface area contributed by atoms with Crippen molar-refractivity contribution < 1.29 is 9.90 Å². The molecule has 1 N–H and O–H groups in total. The Labute approximate surface area is 132 Å². The molecule has 0 radical (unpaired) electrons. The van der Waals surface area contributed by atoms with E-state index >= 15 is 0 Å². The topological polar surface area (TPSA) is 40.5 Å². The normalized spacial score (nSPS) is 9.86. The highest BCUT2D eigenvalue weighted by Gasteiger charge is 2.16. The van der Waals surface area contributed by atoms with Crippen LogP contribution in [0.25, 0.3) is 0 Å². The molecule has 0 fully saturated rings. The molecule has 2 rings (SSSR count). The van der Waals surface area contributed by atoms with Crippen molar-refractivity contribution in [1.29, 1.82) is 0 Å². The van der Waals surface area contributed by atoms with E-state index in [2.05, 4.69) is 11.8 Å². The molecule has 0 aliphatic heterocycles. The lowest BCUT2D eigenvalue weighted by Gasteiger charge is -2.16. The minimum Gasteiger partial charge on any atom is -0.384 e. The molecule has 3 nitrogen and oxygen atoms in total. The van der Waals surface area contributed by atoms with Gasteiger partial charge in [-0.15, -0.1) is 11.3 Å². The molecule has 0 unspecified atom stereocenters. The van der Waals surface area contributed by atoms with Crippen LogP contribution in [0.5, 0.6) is 0 Å². The Kier molecular flexibility index (Phi) is 5.40. The van der Waals surface area contributed by atoms with Crippen LogP contribution in [0.2, 0.25) is 5.02 Å². The van der Waals surface area contributed by atoms with Gasteiger partial charge in [0.05, 0.1) is 5.02 Å². The van der Waals surface area contributed by atoms with Crippen LogP contribution in [0, 0.1) is 11.8 Å². The molecule has 0 atom stereocenters. The summed E-state index contributed by atoms with van der Waals surface area (Å²) in [4.78, 5) is 14.5. The van der Waals surface area contributed by atoms with Crippen molar-refractivity contribution in [1.82, 2.24) is 4.90 Å². The lowest BCUT2D eigenvalue weighted by atomic mass is 10.1. The maximum atomic E-state index is 12.3. The van der Waals surface area contributed by atoms with E-state index in [1.54, 1.807) is 23.4 Å². The zero-order valence-electron chi connectivity index (χ0n) is 11.5. The third-order valence-electron chi connectivity index (χ3n) is 2.82. The zero-order chi connectivity index (χ0) is 15.2. The van der Waals surface area contributed by atoms with Crippen LogP contribution in [0.15, 0.2) is 35.7 Å². The summed E-state index contributed by atoms with van der Waals surface area (Å²) < 4.78 is 0. The van der Waals surface area contributed by atoms with Crippen LogP contribution in [0.3, 0.4) is 0 Å². The summed E-state index contributed by atoms with van der Waals surface area (Å²) in [5, 5.41) is 11.0. The summed E-state index contributed by atoms with van der Waals surface area (Å²) in [6.07, 6.45) is 0. The highest BCUT2D eigenvalue weighted by atomic mass is 35.5. The van der Waals surface area contributed by atoms with Gasteiger partial charge in [0.1, 0.15) is 11.5 Å². The average Bonchev–Trinajstić information content (AvgIpc) is 2.90. The number of carbonyl (C=O) groups is 1. The molecular weight excluding hydrogens is 306 g/mol. The minimum absolute atomic E-state index is 0.0955. The minimum atomic E-state index is -0.167. The first-order valence-corrected chi connectivity index (χ1v) is 7.54. The van der Waals surface area contributed by atoms with Crippen molar-refractivity contribution in [3.63, 3.8) is 0 Å². The van der Waals surface area contributed by atoms with Gasteiger partial charge in [-0.2, -0.15) is 0 Å². The molecule has 1 heterocycles. The maximum absolute atomic E-state index is 12.3. The van der Waals surface area contributed by atoms with Gasteiger partial charge in [-0.3, -0.25) is 4.79 Å². The number of hydrogen-bond acceptors (Lipinski definition) is 3. The monoisotopic (exact) mass is 319 g/mol. The van der Waals surface area contributed by atoms with Crippen molar-refractivity contribution in [2.75, 3.05) is 13.7 Å². The SMILES string of the molecule is CN(Cc1cccc(C#CCO)c1)C(=O)c1sccc1Cl. The second-order valence-corrected chi connectivity index (χ2v) is 5.74. The molecule has 108 valence electrons. The summed E-state index contributed by atoms with van der Waals surface area (Å²) in [6, 6.07) is 9.31. The second-order valence-electron chi connectivity index (χ2n) is 4.42. The quantitative estimate of drug-likeness (QED) is 0.883. The lowest BCUT2D eigenvalue weighted by molar-refractivity contribution is 0.0790. The molecule has 0 saturated heterocycles. The van der Waals surface area contributed by atoms with Gasteiger partial charge in [-0.05, 0) is 29.1 Å². The number of aliphatic hydroxyl groups is 1. The zero-order valence-corrected chi connectivity index (χ0v) is 13.0. The summed E-state index contributed by atoms with van der Waals surface area (Å²) in [5.41, 5.74) is 1.79. The molecule has 5 heteroatoms. The molecule has 21 heavy (non-hydrogen) atoms. The van der Waals surface area contributed by atoms with E-state index in [0.29, 0.717) is 16.4 Å². The number of thiophene rings is 1. The first-order chi connectivity index (χ1) is 10.1. The predicted molar refractivity (Wildman–Crippen MR) is 85.5 cm³/mol. The molecule has 0 bridgehead atoms. The number of amides is 1. The predicted octanol–water partition coefficient (Wildman–Crippen LogP) is 3.02. The smallest absolute Gasteiger partial charge is 0.265 e. The fourth-order valence-electron chi connectivity index (χ4n) is 1.85. The van der Waals surface area contributed by atoms with E-state index in [0.717, 1.165) is 11.1 Å². The second kappa shape index (κ2) is 7.28. The van der Waals surface area contributed by atoms with Crippen LogP contribution in [-0.2, 0) is 6.54 Å². The molecule has 0 spiro atoms. The standard InChI is InChI=1S/C16H14ClNO2S/c1-18(16(20)15-14(17)7-9-21-15)11-13-5-2-4-12(10-13)6-3-8-19/h2,4-5,7,9-10,19H,8,11H2,1H3. The summed E-state index contributed by atoms with van der Waals surface area (Å²) >= 11 is 7.32. The van der Waals surface area contributed by atoms with Gasteiger partial charge in [0, 0.05) is 19.2 Å². The number of nitrogens with zero attached hydrogens (tertiary/aromatic N) is 1. The van der Waals surface area contributed by atoms with Crippen molar-refractivity contribution in [3.05, 3.63) is 56.7 Å². The Balaban J connectivity index is 2.11. The van der Waals surface area contributed by atoms with Crippen LogP contribution in [0.1, 0.15) is 20.8 Å². The lowest BCUT2D eigenvalue weighted by Crippen LogP contribution is -2.25. The van der Waals surface area contributed by atoms with Gasteiger partial charge in [0.25, 0.3) is 5.91 Å². The van der Waals surface area contributed by atoms with Crippen molar-refractivity contribution in [2.24, 2.45) is 0 Å². The van der Waals surface area contributed by atoms with E-state index in [9.17, 15) is 4.79 Å². The van der Waals surface area contributed by atoms with E-state index < -0.39 is 0 Å². The maximum Gasteiger partial charge on any atom is 0.265 e. The van der Waals surface area contributed by atoms with E-state index in [4.69, 9.17) is 16.7 Å². The summed E-state index contributed by atoms with van der Waals surface area (Å²) in [5.74, 6) is 5.36. The van der Waals surface area contributed by atoms with Gasteiger partial charge in [-0.25, -0.2) is 0 Å². The van der Waals surface area contributed by atoms with Crippen LogP contribution in [-0.4, -0.2) is 29.6 Å². The van der Waals surface area contributed by atoms with Gasteiger partial charge in [0.2, 0.25) is 0 Å². The highest BCUT2D eigenvalue weighted by molar-refractivity contribution is 7.12. The Morgan fingerprint density at radius 2 is 2.24 bits per heavy atom. The molecule has 1 amide bonds. The van der Waals surface area contributed by atoms with E-state index in [1.807, 2.05) is 24.3 Å². The average molecular weight is 320 g/mol. The fraction of sp³-hybridized carbons (Fsp3) is 0.188. The van der Waals surface area contributed by atoms with Gasteiger partial charge < -0.3 is 10.0 Å². The molecule has 0 aliphatic carbocycles. The van der Waals surface area contributed by atoms with Crippen LogP contribution in [0.4, 0.5) is 0 Å². The van der Waals surface area contributed by atoms with Gasteiger partial charge >= 0.3 is 0 Å². The number of carbonyl (C=O) groups excluding carboxylic acids is 1.